The molecule has 372 valence electrons. The van der Waals surface area contributed by atoms with E-state index in [0.29, 0.717) is 30.9 Å². The van der Waals surface area contributed by atoms with Gasteiger partial charge < -0.3 is 15.1 Å². The normalized spacial score (nSPS) is 18.6. The molecule has 0 bridgehead atoms. The summed E-state index contributed by atoms with van der Waals surface area (Å²) >= 11 is 0. The minimum Gasteiger partial charge on any atom is -0.494 e. The van der Waals surface area contributed by atoms with Crippen LogP contribution >= 0.6 is 0 Å². The molecule has 2 aliphatic rings. The lowest BCUT2D eigenvalue weighted by atomic mass is 9.61. The fraction of sp³-hybridized carbons (Fsp3) is 0.807. The van der Waals surface area contributed by atoms with Crippen molar-refractivity contribution >= 4 is 23.4 Å². The first-order valence-corrected chi connectivity index (χ1v) is 27.8. The van der Waals surface area contributed by atoms with E-state index in [-0.39, 0.29) is 29.5 Å². The molecule has 65 heavy (non-hydrogen) atoms. The largest absolute Gasteiger partial charge is 0.494 e. The maximum Gasteiger partial charge on any atom is 0.253 e. The second kappa shape index (κ2) is 34.3. The van der Waals surface area contributed by atoms with Crippen molar-refractivity contribution in [3.05, 3.63) is 30.4 Å². The summed E-state index contributed by atoms with van der Waals surface area (Å²) in [5.41, 5.74) is 0.821. The molecule has 0 radical (unpaired) electrons. The number of amides is 3. The molecule has 0 aromatic carbocycles. The quantitative estimate of drug-likeness (QED) is 0.0388. The minimum absolute atomic E-state index is 0.0150. The van der Waals surface area contributed by atoms with Crippen molar-refractivity contribution in [3.63, 3.8) is 0 Å². The van der Waals surface area contributed by atoms with E-state index >= 15 is 0 Å². The molecular weight excluding hydrogens is 807 g/mol. The molecule has 4 unspecified atom stereocenters. The number of hydrogen-bond acceptors (Lipinski definition) is 5. The van der Waals surface area contributed by atoms with E-state index in [9.17, 15) is 24.6 Å². The maximum absolute atomic E-state index is 13.2. The molecule has 1 aliphatic heterocycles. The first-order valence-electron chi connectivity index (χ1n) is 27.8. The number of aromatic hydroxyl groups is 2. The van der Waals surface area contributed by atoms with E-state index in [0.717, 1.165) is 75.0 Å². The molecule has 1 saturated carbocycles. The Kier molecular flexibility index (Phi) is 29.7. The number of hydrogen-bond donors (Lipinski definition) is 2. The Bertz CT molecular complexity index is 1480. The van der Waals surface area contributed by atoms with Gasteiger partial charge in [-0.1, -0.05) is 207 Å². The van der Waals surface area contributed by atoms with Crippen molar-refractivity contribution in [2.45, 2.75) is 259 Å². The Balaban J connectivity index is 1.51. The van der Waals surface area contributed by atoms with Crippen LogP contribution in [0.5, 0.6) is 11.8 Å². The minimum atomic E-state index is -0.200. The van der Waals surface area contributed by atoms with Gasteiger partial charge in [-0.15, -0.1) is 0 Å². The third kappa shape index (κ3) is 21.2. The number of carbonyl (C=O) groups is 3. The molecule has 3 rings (SSSR count). The smallest absolute Gasteiger partial charge is 0.253 e. The van der Waals surface area contributed by atoms with Gasteiger partial charge in [0.1, 0.15) is 5.69 Å². The van der Waals surface area contributed by atoms with Crippen LogP contribution in [-0.4, -0.2) is 50.5 Å². The van der Waals surface area contributed by atoms with Crippen molar-refractivity contribution in [3.8, 4) is 11.8 Å². The highest BCUT2D eigenvalue weighted by molar-refractivity contribution is 6.12. The van der Waals surface area contributed by atoms with E-state index < -0.39 is 0 Å². The maximum atomic E-state index is 13.2. The van der Waals surface area contributed by atoms with E-state index in [1.54, 1.807) is 22.5 Å². The molecule has 8 heteroatoms. The van der Waals surface area contributed by atoms with Crippen LogP contribution in [0.1, 0.15) is 252 Å². The third-order valence-corrected chi connectivity index (χ3v) is 15.2. The van der Waals surface area contributed by atoms with Crippen LogP contribution in [0, 0.1) is 23.7 Å². The van der Waals surface area contributed by atoms with Gasteiger partial charge in [-0.05, 0) is 75.5 Å². The Hall–Kier alpha value is -3.03. The number of aromatic nitrogens is 1. The van der Waals surface area contributed by atoms with Crippen molar-refractivity contribution in [1.82, 2.24) is 9.47 Å². The van der Waals surface area contributed by atoms with Gasteiger partial charge in [0.2, 0.25) is 5.88 Å². The van der Waals surface area contributed by atoms with Crippen molar-refractivity contribution < 1.29 is 24.6 Å². The molecule has 2 N–H and O–H groups in total. The monoisotopic (exact) mass is 906 g/mol. The summed E-state index contributed by atoms with van der Waals surface area (Å²) in [6.45, 7) is 14.1. The zero-order valence-electron chi connectivity index (χ0n) is 42.6. The van der Waals surface area contributed by atoms with Crippen LogP contribution < -0.4 is 4.90 Å². The fourth-order valence-electron chi connectivity index (χ4n) is 11.3. The lowest BCUT2D eigenvalue weighted by Gasteiger charge is -2.44. The highest BCUT2D eigenvalue weighted by atomic mass is 16.3. The van der Waals surface area contributed by atoms with Gasteiger partial charge >= 0.3 is 0 Å². The summed E-state index contributed by atoms with van der Waals surface area (Å²) in [4.78, 5) is 39.9. The number of rotatable bonds is 40. The van der Waals surface area contributed by atoms with Crippen LogP contribution in [0.3, 0.4) is 0 Å². The van der Waals surface area contributed by atoms with Gasteiger partial charge in [-0.25, -0.2) is 0 Å². The van der Waals surface area contributed by atoms with E-state index in [1.165, 1.54) is 190 Å². The van der Waals surface area contributed by atoms with Gasteiger partial charge in [-0.2, -0.15) is 0 Å². The Labute approximate surface area is 398 Å². The Morgan fingerprint density at radius 3 is 1.42 bits per heavy atom. The summed E-state index contributed by atoms with van der Waals surface area (Å²) in [5.74, 6) is 2.98. The van der Waals surface area contributed by atoms with Crippen LogP contribution in [0.2, 0.25) is 0 Å². The van der Waals surface area contributed by atoms with Gasteiger partial charge in [0.05, 0.1) is 0 Å². The van der Waals surface area contributed by atoms with Crippen LogP contribution in [0.25, 0.3) is 0 Å². The molecule has 0 spiro atoms. The zero-order chi connectivity index (χ0) is 47.1. The number of nitrogens with zero attached hydrogens (tertiary/aromatic N) is 3. The van der Waals surface area contributed by atoms with Crippen molar-refractivity contribution in [2.75, 3.05) is 18.0 Å². The van der Waals surface area contributed by atoms with E-state index in [1.807, 2.05) is 0 Å². The number of unbranched alkanes of at least 4 members (excludes halogenated alkanes) is 24. The van der Waals surface area contributed by atoms with Gasteiger partial charge in [0.25, 0.3) is 17.7 Å². The second-order valence-corrected chi connectivity index (χ2v) is 20.5. The third-order valence-electron chi connectivity index (χ3n) is 15.2. The molecule has 8 nitrogen and oxygen atoms in total. The molecule has 1 fully saturated rings. The predicted molar refractivity (Wildman–Crippen MR) is 273 cm³/mol. The molecule has 2 heterocycles. The van der Waals surface area contributed by atoms with Crippen LogP contribution in [0.15, 0.2) is 30.4 Å². The van der Waals surface area contributed by atoms with E-state index in [4.69, 9.17) is 0 Å². The summed E-state index contributed by atoms with van der Waals surface area (Å²) < 4.78 is 1.57. The SMILES string of the molecule is C=C(C)C(=O)N(CCCCCCCCC)c1cc(O)n(CCCCCCCCC2C(CCCCCCCCN3C(=O)C=CC3=O)CCC(CCCCCC)C2CCCCCCCC)c1O. The molecule has 1 aromatic heterocycles. The van der Waals surface area contributed by atoms with Crippen LogP contribution in [-0.2, 0) is 20.9 Å². The average molecular weight is 906 g/mol. The molecular formula is C57H99N3O5. The number of anilines is 1. The summed E-state index contributed by atoms with van der Waals surface area (Å²) in [6, 6.07) is 1.55. The fourth-order valence-corrected chi connectivity index (χ4v) is 11.3. The first kappa shape index (κ1) is 56.3. The topological polar surface area (TPSA) is 103 Å². The summed E-state index contributed by atoms with van der Waals surface area (Å²) in [5, 5.41) is 22.1. The lowest BCUT2D eigenvalue weighted by molar-refractivity contribution is -0.136. The second-order valence-electron chi connectivity index (χ2n) is 20.5. The molecule has 1 aromatic rings. The zero-order valence-corrected chi connectivity index (χ0v) is 42.6. The molecule has 1 aliphatic carbocycles. The van der Waals surface area contributed by atoms with Gasteiger partial charge in [0.15, 0.2) is 5.88 Å². The Morgan fingerprint density at radius 2 is 0.954 bits per heavy atom. The molecule has 3 amide bonds. The highest BCUT2D eigenvalue weighted by Crippen LogP contribution is 2.48. The average Bonchev–Trinajstić information content (AvgIpc) is 3.77. The van der Waals surface area contributed by atoms with Crippen LogP contribution in [0.4, 0.5) is 5.69 Å². The number of imide groups is 1. The summed E-state index contributed by atoms with van der Waals surface area (Å²) in [6.07, 6.45) is 46.9. The predicted octanol–water partition coefficient (Wildman–Crippen LogP) is 15.9. The van der Waals surface area contributed by atoms with Crippen molar-refractivity contribution in [1.29, 1.82) is 0 Å². The van der Waals surface area contributed by atoms with Crippen molar-refractivity contribution in [2.24, 2.45) is 23.7 Å². The first-order chi connectivity index (χ1) is 31.6. The van der Waals surface area contributed by atoms with Gasteiger partial charge in [0, 0.05) is 43.4 Å². The molecule has 0 saturated heterocycles. The van der Waals surface area contributed by atoms with E-state index in [2.05, 4.69) is 27.4 Å². The number of carbonyl (C=O) groups excluding carboxylic acids is 3. The highest BCUT2D eigenvalue weighted by Gasteiger charge is 2.38. The Morgan fingerprint density at radius 1 is 0.569 bits per heavy atom. The molecule has 4 atom stereocenters. The lowest BCUT2D eigenvalue weighted by Crippen LogP contribution is -2.35. The standard InChI is InChI=1S/C57H99N3O5/c1-6-9-12-15-19-25-32-43-58(56(64)47(4)5)52-46-55(63)60(57(52)65)45-34-27-21-18-24-31-38-51-49(36-29-22-17-20-26-33-44-59-53(61)41-42-54(59)62)40-39-48(35-28-14-11-8-3)50(51)37-30-23-16-13-10-7-2/h41-42,46,48-51,63,65H,4,6-40,43-45H2,1-3,5H3. The van der Waals surface area contributed by atoms with Gasteiger partial charge in [-0.3, -0.25) is 23.9 Å². The summed E-state index contributed by atoms with van der Waals surface area (Å²) in [7, 11) is 0.